The fourth-order valence-electron chi connectivity index (χ4n) is 2.93. The molecule has 1 fully saturated rings. The number of hydrogen-bond acceptors (Lipinski definition) is 6. The molecule has 1 amide bonds. The van der Waals surface area contributed by atoms with Gasteiger partial charge in [0.25, 0.3) is 0 Å². The van der Waals surface area contributed by atoms with Gasteiger partial charge >= 0.3 is 6.09 Å². The van der Waals surface area contributed by atoms with E-state index < -0.39 is 0 Å². The van der Waals surface area contributed by atoms with Gasteiger partial charge in [-0.1, -0.05) is 33.8 Å². The first-order chi connectivity index (χ1) is 14.1. The van der Waals surface area contributed by atoms with Gasteiger partial charge in [-0.05, 0) is 31.2 Å². The minimum absolute atomic E-state index is 0.269. The molecule has 2 aliphatic heterocycles. The predicted octanol–water partition coefficient (Wildman–Crippen LogP) is 3.33. The van der Waals surface area contributed by atoms with E-state index in [1.807, 2.05) is 45.9 Å². The first-order valence-electron chi connectivity index (χ1n) is 10.8. The number of carbonyl (C=O) groups excluding carboxylic acids is 1. The highest BCUT2D eigenvalue weighted by atomic mass is 16.7. The van der Waals surface area contributed by atoms with Gasteiger partial charge in [-0.25, -0.2) is 4.79 Å². The second-order valence-corrected chi connectivity index (χ2v) is 6.62. The van der Waals surface area contributed by atoms with Crippen molar-refractivity contribution in [3.05, 3.63) is 23.8 Å². The molecule has 0 aromatic heterocycles. The van der Waals surface area contributed by atoms with E-state index in [4.69, 9.17) is 14.2 Å². The molecule has 0 radical (unpaired) electrons. The molecule has 1 aromatic carbocycles. The molecule has 7 heteroatoms. The number of rotatable bonds is 6. The first kappa shape index (κ1) is 25.0. The number of fused-ring (bicyclic) bond motifs is 1. The molecule has 0 saturated carbocycles. The minimum atomic E-state index is -0.269. The molecule has 3 rings (SSSR count). The summed E-state index contributed by atoms with van der Waals surface area (Å²) in [5.74, 6) is 1.55. The number of nitrogens with zero attached hydrogens (tertiary/aromatic N) is 3. The molecule has 0 aliphatic carbocycles. The number of piperazine rings is 1. The Morgan fingerprint density at radius 2 is 1.72 bits per heavy atom. The van der Waals surface area contributed by atoms with Crippen molar-refractivity contribution in [2.45, 2.75) is 34.1 Å². The molecule has 2 aliphatic rings. The monoisotopic (exact) mass is 409 g/mol. The number of benzene rings is 1. The summed E-state index contributed by atoms with van der Waals surface area (Å²) in [5, 5.41) is 0. The van der Waals surface area contributed by atoms with Gasteiger partial charge in [-0.3, -0.25) is 4.90 Å². The predicted molar refractivity (Wildman–Crippen MR) is 117 cm³/mol. The third-order valence-electron chi connectivity index (χ3n) is 4.71. The van der Waals surface area contributed by atoms with Gasteiger partial charge in [0.1, 0.15) is 6.61 Å². The van der Waals surface area contributed by atoms with Crippen LogP contribution in [0, 0.1) is 0 Å². The van der Waals surface area contributed by atoms with Crippen molar-refractivity contribution >= 4 is 6.09 Å². The summed E-state index contributed by atoms with van der Waals surface area (Å²) in [6, 6.07) is 5.88. The van der Waals surface area contributed by atoms with Crippen LogP contribution in [0.3, 0.4) is 0 Å². The van der Waals surface area contributed by atoms with Crippen LogP contribution in [-0.2, 0) is 11.2 Å². The van der Waals surface area contributed by atoms with E-state index in [9.17, 15) is 4.79 Å². The zero-order valence-corrected chi connectivity index (χ0v) is 19.1. The number of likely N-dealkylation sites (N-methyl/N-ethyl adjacent to an activating group) is 2. The highest BCUT2D eigenvalue weighted by Crippen LogP contribution is 2.32. The molecular weight excluding hydrogens is 370 g/mol. The lowest BCUT2D eigenvalue weighted by Gasteiger charge is -2.32. The smallest absolute Gasteiger partial charge is 0.409 e. The Labute approximate surface area is 176 Å². The molecular formula is C22H39N3O4. The summed E-state index contributed by atoms with van der Waals surface area (Å²) in [5.41, 5.74) is 1.11. The van der Waals surface area contributed by atoms with Crippen LogP contribution in [0.15, 0.2) is 18.2 Å². The van der Waals surface area contributed by atoms with Gasteiger partial charge in [-0.2, -0.15) is 0 Å². The quantitative estimate of drug-likeness (QED) is 0.718. The molecule has 0 bridgehead atoms. The molecule has 1 saturated heterocycles. The molecule has 7 nitrogen and oxygen atoms in total. The van der Waals surface area contributed by atoms with E-state index in [-0.39, 0.29) is 12.9 Å². The maximum Gasteiger partial charge on any atom is 0.409 e. The Hall–Kier alpha value is -1.99. The van der Waals surface area contributed by atoms with Crippen LogP contribution in [0.25, 0.3) is 0 Å². The first-order valence-corrected chi connectivity index (χ1v) is 10.8. The second kappa shape index (κ2) is 14.1. The zero-order valence-electron chi connectivity index (χ0n) is 19.1. The van der Waals surface area contributed by atoms with Crippen molar-refractivity contribution in [3.8, 4) is 11.5 Å². The van der Waals surface area contributed by atoms with Crippen LogP contribution in [-0.4, -0.2) is 87.6 Å². The number of carbonyl (C=O) groups is 1. The Kier molecular flexibility index (Phi) is 12.1. The van der Waals surface area contributed by atoms with E-state index in [2.05, 4.69) is 16.8 Å². The van der Waals surface area contributed by atoms with Crippen molar-refractivity contribution in [2.24, 2.45) is 0 Å². The molecule has 0 spiro atoms. The van der Waals surface area contributed by atoms with Crippen molar-refractivity contribution < 1.29 is 19.0 Å². The Bertz CT molecular complexity index is 589. The summed E-state index contributed by atoms with van der Waals surface area (Å²) in [6.07, 6.45) is 0.482. The maximum absolute atomic E-state index is 12.1. The Morgan fingerprint density at radius 1 is 1.07 bits per heavy atom. The maximum atomic E-state index is 12.1. The van der Waals surface area contributed by atoms with E-state index in [1.165, 1.54) is 0 Å². The summed E-state index contributed by atoms with van der Waals surface area (Å²) < 4.78 is 16.1. The van der Waals surface area contributed by atoms with Gasteiger partial charge in [0, 0.05) is 46.3 Å². The lowest BCUT2D eigenvalue weighted by atomic mass is 10.1. The van der Waals surface area contributed by atoms with Gasteiger partial charge in [-0.15, -0.1) is 0 Å². The largest absolute Gasteiger partial charge is 0.454 e. The summed E-state index contributed by atoms with van der Waals surface area (Å²) in [7, 11) is 3.90. The molecule has 2 heterocycles. The van der Waals surface area contributed by atoms with Crippen molar-refractivity contribution in [1.82, 2.24) is 14.7 Å². The number of ether oxygens (including phenoxy) is 3. The average molecular weight is 410 g/mol. The fourth-order valence-corrected chi connectivity index (χ4v) is 2.93. The molecule has 166 valence electrons. The summed E-state index contributed by atoms with van der Waals surface area (Å²) in [4.78, 5) is 18.3. The molecule has 1 aromatic rings. The lowest BCUT2D eigenvalue weighted by Crippen LogP contribution is -2.45. The third-order valence-corrected chi connectivity index (χ3v) is 4.71. The van der Waals surface area contributed by atoms with Gasteiger partial charge in [0.2, 0.25) is 6.79 Å². The van der Waals surface area contributed by atoms with Crippen LogP contribution in [0.5, 0.6) is 11.5 Å². The normalized spacial score (nSPS) is 15.5. The number of amides is 1. The van der Waals surface area contributed by atoms with Crippen LogP contribution in [0.2, 0.25) is 0 Å². The standard InChI is InChI=1S/C18H27N3O4.2C2H6/c1-19-7-9-21(10-8-19)11-12-23-18(22)20(2)6-5-15-3-4-16-17(13-15)25-14-24-16;2*1-2/h3-4,13H,5-12,14H2,1-2H3;2*1-2H3. The van der Waals surface area contributed by atoms with E-state index in [0.29, 0.717) is 13.2 Å². The fraction of sp³-hybridized carbons (Fsp3) is 0.682. The Balaban J connectivity index is 0.000000989. The van der Waals surface area contributed by atoms with E-state index in [0.717, 1.165) is 56.2 Å². The lowest BCUT2D eigenvalue weighted by molar-refractivity contribution is 0.0847. The van der Waals surface area contributed by atoms with E-state index in [1.54, 1.807) is 11.9 Å². The van der Waals surface area contributed by atoms with E-state index >= 15 is 0 Å². The van der Waals surface area contributed by atoms with Gasteiger partial charge in [0.05, 0.1) is 0 Å². The highest BCUT2D eigenvalue weighted by molar-refractivity contribution is 5.67. The van der Waals surface area contributed by atoms with Crippen LogP contribution >= 0.6 is 0 Å². The van der Waals surface area contributed by atoms with Crippen molar-refractivity contribution in [2.75, 3.05) is 66.8 Å². The highest BCUT2D eigenvalue weighted by Gasteiger charge is 2.16. The second-order valence-electron chi connectivity index (χ2n) is 6.62. The molecule has 0 unspecified atom stereocenters. The van der Waals surface area contributed by atoms with Crippen LogP contribution < -0.4 is 9.47 Å². The molecule has 0 N–H and O–H groups in total. The number of hydrogen-bond donors (Lipinski definition) is 0. The van der Waals surface area contributed by atoms with Gasteiger partial charge < -0.3 is 24.0 Å². The van der Waals surface area contributed by atoms with Crippen LogP contribution in [0.4, 0.5) is 4.79 Å². The van der Waals surface area contributed by atoms with Gasteiger partial charge in [0.15, 0.2) is 11.5 Å². The van der Waals surface area contributed by atoms with Crippen LogP contribution in [0.1, 0.15) is 33.3 Å². The van der Waals surface area contributed by atoms with Crippen molar-refractivity contribution in [3.63, 3.8) is 0 Å². The third kappa shape index (κ3) is 8.50. The molecule has 29 heavy (non-hydrogen) atoms. The summed E-state index contributed by atoms with van der Waals surface area (Å²) in [6.45, 7) is 14.3. The zero-order chi connectivity index (χ0) is 21.6. The topological polar surface area (TPSA) is 54.5 Å². The average Bonchev–Trinajstić information content (AvgIpc) is 3.24. The minimum Gasteiger partial charge on any atom is -0.454 e. The Morgan fingerprint density at radius 3 is 2.41 bits per heavy atom. The SMILES string of the molecule is CC.CC.CN1CCN(CCOC(=O)N(C)CCc2ccc3c(c2)OCO3)CC1. The summed E-state index contributed by atoms with van der Waals surface area (Å²) >= 11 is 0. The van der Waals surface area contributed by atoms with Crippen molar-refractivity contribution in [1.29, 1.82) is 0 Å². The molecule has 0 atom stereocenters.